The van der Waals surface area contributed by atoms with E-state index in [0.29, 0.717) is 39.1 Å². The van der Waals surface area contributed by atoms with Crippen LogP contribution in [0.5, 0.6) is 0 Å². The van der Waals surface area contributed by atoms with Crippen molar-refractivity contribution in [3.63, 3.8) is 0 Å². The SMILES string of the molecule is COCCOCCC1(O)CC2CCCC(C1)S2=O. The van der Waals surface area contributed by atoms with Gasteiger partial charge in [0.05, 0.1) is 18.8 Å². The van der Waals surface area contributed by atoms with Crippen LogP contribution in [-0.2, 0) is 20.3 Å². The molecule has 2 bridgehead atoms. The molecule has 1 N–H and O–H groups in total. The van der Waals surface area contributed by atoms with Crippen LogP contribution in [0.1, 0.15) is 38.5 Å². The number of methoxy groups -OCH3 is 1. The zero-order chi connectivity index (χ0) is 13.0. The van der Waals surface area contributed by atoms with E-state index in [-0.39, 0.29) is 10.5 Å². The minimum absolute atomic E-state index is 0.210. The van der Waals surface area contributed by atoms with E-state index in [4.69, 9.17) is 9.47 Å². The van der Waals surface area contributed by atoms with Gasteiger partial charge in [0.25, 0.3) is 0 Å². The van der Waals surface area contributed by atoms with Crippen molar-refractivity contribution in [3.8, 4) is 0 Å². The van der Waals surface area contributed by atoms with Gasteiger partial charge < -0.3 is 14.6 Å². The van der Waals surface area contributed by atoms with Gasteiger partial charge in [-0.2, -0.15) is 0 Å². The lowest BCUT2D eigenvalue weighted by molar-refractivity contribution is -0.0270. The summed E-state index contributed by atoms with van der Waals surface area (Å²) >= 11 is 0. The summed E-state index contributed by atoms with van der Waals surface area (Å²) in [5.74, 6) is 0. The highest BCUT2D eigenvalue weighted by atomic mass is 32.2. The molecule has 0 amide bonds. The Hall–Kier alpha value is 0.0300. The van der Waals surface area contributed by atoms with Gasteiger partial charge in [-0.25, -0.2) is 0 Å². The third kappa shape index (κ3) is 3.53. The van der Waals surface area contributed by atoms with Crippen LogP contribution in [-0.4, -0.2) is 52.3 Å². The molecule has 2 saturated heterocycles. The zero-order valence-electron chi connectivity index (χ0n) is 11.1. The summed E-state index contributed by atoms with van der Waals surface area (Å²) < 4.78 is 22.4. The van der Waals surface area contributed by atoms with Crippen molar-refractivity contribution in [2.24, 2.45) is 0 Å². The molecule has 2 atom stereocenters. The maximum Gasteiger partial charge on any atom is 0.0700 e. The van der Waals surface area contributed by atoms with Crippen LogP contribution in [0.4, 0.5) is 0 Å². The summed E-state index contributed by atoms with van der Waals surface area (Å²) in [6, 6.07) is 0. The highest BCUT2D eigenvalue weighted by molar-refractivity contribution is 7.86. The lowest BCUT2D eigenvalue weighted by Crippen LogP contribution is -2.49. The van der Waals surface area contributed by atoms with E-state index >= 15 is 0 Å². The molecule has 0 saturated carbocycles. The highest BCUT2D eigenvalue weighted by Gasteiger charge is 2.45. The maximum absolute atomic E-state index is 12.1. The molecule has 0 radical (unpaired) electrons. The smallest absolute Gasteiger partial charge is 0.0700 e. The topological polar surface area (TPSA) is 55.8 Å². The Morgan fingerprint density at radius 2 is 1.89 bits per heavy atom. The second-order valence-electron chi connectivity index (χ2n) is 5.49. The molecule has 2 fully saturated rings. The van der Waals surface area contributed by atoms with Crippen molar-refractivity contribution in [1.29, 1.82) is 0 Å². The summed E-state index contributed by atoms with van der Waals surface area (Å²) in [7, 11) is 0.934. The molecule has 5 heteroatoms. The van der Waals surface area contributed by atoms with Crippen LogP contribution in [0, 0.1) is 0 Å². The van der Waals surface area contributed by atoms with Crippen molar-refractivity contribution >= 4 is 10.8 Å². The summed E-state index contributed by atoms with van der Waals surface area (Å²) in [4.78, 5) is 0. The van der Waals surface area contributed by atoms with Crippen LogP contribution in [0.2, 0.25) is 0 Å². The number of hydrogen-bond acceptors (Lipinski definition) is 4. The third-order valence-electron chi connectivity index (χ3n) is 4.07. The minimum Gasteiger partial charge on any atom is -0.390 e. The first-order valence-electron chi connectivity index (χ1n) is 6.83. The minimum atomic E-state index is -0.714. The van der Waals surface area contributed by atoms with Crippen molar-refractivity contribution in [2.45, 2.75) is 54.6 Å². The normalized spacial score (nSPS) is 39.8. The predicted octanol–water partition coefficient (Wildman–Crippen LogP) is 1.23. The molecule has 0 aliphatic carbocycles. The van der Waals surface area contributed by atoms with Gasteiger partial charge in [-0.05, 0) is 32.1 Å². The van der Waals surface area contributed by atoms with Gasteiger partial charge >= 0.3 is 0 Å². The van der Waals surface area contributed by atoms with Gasteiger partial charge in [0.1, 0.15) is 0 Å². The third-order valence-corrected chi connectivity index (χ3v) is 6.19. The molecule has 0 aromatic heterocycles. The largest absolute Gasteiger partial charge is 0.390 e. The molecule has 0 aromatic carbocycles. The van der Waals surface area contributed by atoms with Gasteiger partial charge in [-0.1, -0.05) is 6.42 Å². The Labute approximate surface area is 112 Å². The summed E-state index contributed by atoms with van der Waals surface area (Å²) in [5.41, 5.74) is -0.656. The van der Waals surface area contributed by atoms with Crippen LogP contribution in [0.15, 0.2) is 0 Å². The predicted molar refractivity (Wildman–Crippen MR) is 71.1 cm³/mol. The van der Waals surface area contributed by atoms with E-state index < -0.39 is 16.4 Å². The van der Waals surface area contributed by atoms with E-state index in [1.807, 2.05) is 0 Å². The lowest BCUT2D eigenvalue weighted by Gasteiger charge is -2.43. The van der Waals surface area contributed by atoms with E-state index in [2.05, 4.69) is 0 Å². The van der Waals surface area contributed by atoms with Gasteiger partial charge in [0.15, 0.2) is 0 Å². The quantitative estimate of drug-likeness (QED) is 0.742. The average Bonchev–Trinajstić information content (AvgIpc) is 2.31. The molecule has 2 aliphatic rings. The van der Waals surface area contributed by atoms with E-state index in [1.54, 1.807) is 7.11 Å². The molecule has 2 rings (SSSR count). The monoisotopic (exact) mass is 276 g/mol. The van der Waals surface area contributed by atoms with Gasteiger partial charge in [0.2, 0.25) is 0 Å². The summed E-state index contributed by atoms with van der Waals surface area (Å²) in [6.45, 7) is 1.73. The Kier molecular flexibility index (Phi) is 5.18. The van der Waals surface area contributed by atoms with Gasteiger partial charge in [-0.3, -0.25) is 4.21 Å². The number of aliphatic hydroxyl groups is 1. The molecule has 2 aliphatic heterocycles. The van der Waals surface area contributed by atoms with Gasteiger partial charge in [0, 0.05) is 35.0 Å². The number of fused-ring (bicyclic) bond motifs is 2. The molecule has 106 valence electrons. The Morgan fingerprint density at radius 3 is 2.50 bits per heavy atom. The second kappa shape index (κ2) is 6.46. The summed E-state index contributed by atoms with van der Waals surface area (Å²) in [6.07, 6.45) is 5.21. The molecule has 2 heterocycles. The second-order valence-corrected chi connectivity index (χ2v) is 7.48. The molecule has 18 heavy (non-hydrogen) atoms. The van der Waals surface area contributed by atoms with Crippen LogP contribution >= 0.6 is 0 Å². The fourth-order valence-corrected chi connectivity index (χ4v) is 5.38. The molecule has 0 aromatic rings. The fraction of sp³-hybridized carbons (Fsp3) is 1.00. The Morgan fingerprint density at radius 1 is 1.22 bits per heavy atom. The molecule has 2 unspecified atom stereocenters. The number of rotatable bonds is 6. The van der Waals surface area contributed by atoms with E-state index in [0.717, 1.165) is 12.8 Å². The summed E-state index contributed by atoms with van der Waals surface area (Å²) in [5, 5.41) is 11.0. The average molecular weight is 276 g/mol. The first-order valence-corrected chi connectivity index (χ1v) is 8.11. The molecule has 0 spiro atoms. The van der Waals surface area contributed by atoms with Crippen molar-refractivity contribution in [3.05, 3.63) is 0 Å². The number of ether oxygens (including phenoxy) is 2. The standard InChI is InChI=1S/C13H24O4S/c1-16-7-8-17-6-5-13(14)9-11-3-2-4-12(10-13)18(11)15/h11-12,14H,2-10H2,1H3. The first-order chi connectivity index (χ1) is 8.64. The van der Waals surface area contributed by atoms with Crippen molar-refractivity contribution < 1.29 is 18.8 Å². The van der Waals surface area contributed by atoms with Gasteiger partial charge in [-0.15, -0.1) is 0 Å². The van der Waals surface area contributed by atoms with Crippen LogP contribution in [0.25, 0.3) is 0 Å². The van der Waals surface area contributed by atoms with Crippen molar-refractivity contribution in [2.75, 3.05) is 26.9 Å². The van der Waals surface area contributed by atoms with Crippen LogP contribution < -0.4 is 0 Å². The zero-order valence-corrected chi connectivity index (χ0v) is 11.9. The Balaban J connectivity index is 1.79. The molecular weight excluding hydrogens is 252 g/mol. The fourth-order valence-electron chi connectivity index (χ4n) is 3.09. The number of hydrogen-bond donors (Lipinski definition) is 1. The molecule has 4 nitrogen and oxygen atoms in total. The lowest BCUT2D eigenvalue weighted by atomic mass is 9.83. The highest BCUT2D eigenvalue weighted by Crippen LogP contribution is 2.40. The first kappa shape index (κ1) is 14.4. The van der Waals surface area contributed by atoms with E-state index in [1.165, 1.54) is 6.42 Å². The van der Waals surface area contributed by atoms with E-state index in [9.17, 15) is 9.32 Å². The van der Waals surface area contributed by atoms with Crippen molar-refractivity contribution in [1.82, 2.24) is 0 Å². The molecular formula is C13H24O4S. The maximum atomic E-state index is 12.1. The Bertz CT molecular complexity index is 279. The van der Waals surface area contributed by atoms with Crippen LogP contribution in [0.3, 0.4) is 0 Å².